The van der Waals surface area contributed by atoms with Crippen LogP contribution in [0.4, 0.5) is 0 Å². The van der Waals surface area contributed by atoms with Crippen LogP contribution in [0.25, 0.3) is 0 Å². The summed E-state index contributed by atoms with van der Waals surface area (Å²) in [6, 6.07) is 8.36. The molecule has 0 aromatic heterocycles. The van der Waals surface area contributed by atoms with E-state index in [1.54, 1.807) is 7.11 Å². The number of carbonyl (C=O) groups excluding carboxylic acids is 1. The van der Waals surface area contributed by atoms with Crippen molar-refractivity contribution in [3.63, 3.8) is 0 Å². The maximum absolute atomic E-state index is 12.9. The Labute approximate surface area is 133 Å². The average molecular weight is 304 g/mol. The minimum absolute atomic E-state index is 0.235. The van der Waals surface area contributed by atoms with Gasteiger partial charge in [0.1, 0.15) is 5.75 Å². The minimum atomic E-state index is -0.426. The molecule has 0 bridgehead atoms. The van der Waals surface area contributed by atoms with Gasteiger partial charge in [0.25, 0.3) is 0 Å². The number of nitrogens with zero attached hydrogens (tertiary/aromatic N) is 1. The zero-order chi connectivity index (χ0) is 16.2. The summed E-state index contributed by atoms with van der Waals surface area (Å²) in [7, 11) is 3.65. The molecule has 1 saturated heterocycles. The Hall–Kier alpha value is -1.55. The van der Waals surface area contributed by atoms with Crippen LogP contribution < -0.4 is 10.1 Å². The normalized spacial score (nSPS) is 19.1. The number of likely N-dealkylation sites (N-methyl/N-ethyl adjacent to an activating group) is 1. The van der Waals surface area contributed by atoms with E-state index in [1.165, 1.54) is 0 Å². The summed E-state index contributed by atoms with van der Waals surface area (Å²) in [5, 5.41) is 3.29. The van der Waals surface area contributed by atoms with E-state index in [2.05, 4.69) is 5.32 Å². The number of likely N-dealkylation sites (tertiary alicyclic amines) is 1. The number of benzene rings is 1. The van der Waals surface area contributed by atoms with Crippen LogP contribution in [0.5, 0.6) is 5.75 Å². The number of hydrogen-bond acceptors (Lipinski definition) is 3. The summed E-state index contributed by atoms with van der Waals surface area (Å²) in [6.45, 7) is 5.74. The van der Waals surface area contributed by atoms with Gasteiger partial charge in [0.2, 0.25) is 5.91 Å². The molecule has 1 unspecified atom stereocenters. The first-order chi connectivity index (χ1) is 10.5. The second-order valence-corrected chi connectivity index (χ2v) is 6.75. The topological polar surface area (TPSA) is 41.6 Å². The molecular weight excluding hydrogens is 276 g/mol. The van der Waals surface area contributed by atoms with Gasteiger partial charge in [0.05, 0.1) is 7.11 Å². The molecule has 1 amide bonds. The van der Waals surface area contributed by atoms with Gasteiger partial charge in [-0.2, -0.15) is 0 Å². The Morgan fingerprint density at radius 1 is 1.41 bits per heavy atom. The second kappa shape index (κ2) is 7.14. The highest BCUT2D eigenvalue weighted by atomic mass is 16.5. The lowest BCUT2D eigenvalue weighted by Crippen LogP contribution is -2.51. The number of nitrogens with one attached hydrogen (secondary N) is 1. The van der Waals surface area contributed by atoms with Crippen LogP contribution in [0, 0.1) is 5.41 Å². The van der Waals surface area contributed by atoms with Crippen molar-refractivity contribution < 1.29 is 9.53 Å². The average Bonchev–Trinajstić information content (AvgIpc) is 2.54. The van der Waals surface area contributed by atoms with E-state index in [-0.39, 0.29) is 5.91 Å². The molecular formula is C18H28N2O2. The fourth-order valence-corrected chi connectivity index (χ4v) is 3.23. The Balaban J connectivity index is 2.10. The number of amides is 1. The van der Waals surface area contributed by atoms with Crippen LogP contribution in [-0.2, 0) is 11.2 Å². The molecule has 0 spiro atoms. The number of methoxy groups -OCH3 is 1. The van der Waals surface area contributed by atoms with E-state index in [4.69, 9.17) is 4.74 Å². The van der Waals surface area contributed by atoms with Gasteiger partial charge in [-0.1, -0.05) is 32.0 Å². The molecule has 4 nitrogen and oxygen atoms in total. The molecule has 1 N–H and O–H groups in total. The van der Waals surface area contributed by atoms with E-state index in [0.717, 1.165) is 37.2 Å². The molecule has 0 saturated carbocycles. The van der Waals surface area contributed by atoms with Crippen LogP contribution in [0.3, 0.4) is 0 Å². The van der Waals surface area contributed by atoms with Gasteiger partial charge in [-0.05, 0) is 37.9 Å². The molecule has 0 radical (unpaired) electrons. The molecule has 1 heterocycles. The first kappa shape index (κ1) is 16.8. The molecule has 1 atom stereocenters. The highest BCUT2D eigenvalue weighted by Gasteiger charge is 2.34. The maximum Gasteiger partial charge on any atom is 0.228 e. The first-order valence-corrected chi connectivity index (χ1v) is 8.06. The molecule has 22 heavy (non-hydrogen) atoms. The molecule has 1 aromatic carbocycles. The number of ether oxygens (including phenoxy) is 1. The van der Waals surface area contributed by atoms with Crippen LogP contribution in [0.1, 0.15) is 32.3 Å². The smallest absolute Gasteiger partial charge is 0.228 e. The molecule has 0 aliphatic carbocycles. The predicted molar refractivity (Wildman–Crippen MR) is 89.1 cm³/mol. The summed E-state index contributed by atoms with van der Waals surface area (Å²) in [4.78, 5) is 15.0. The summed E-state index contributed by atoms with van der Waals surface area (Å²) in [6.07, 6.45) is 2.91. The van der Waals surface area contributed by atoms with Crippen molar-refractivity contribution in [3.05, 3.63) is 29.8 Å². The van der Waals surface area contributed by atoms with E-state index in [1.807, 2.05) is 50.1 Å². The zero-order valence-electron chi connectivity index (χ0n) is 14.2. The minimum Gasteiger partial charge on any atom is -0.496 e. The molecule has 1 fully saturated rings. The zero-order valence-corrected chi connectivity index (χ0v) is 14.2. The third kappa shape index (κ3) is 3.80. The Bertz CT molecular complexity index is 514. The quantitative estimate of drug-likeness (QED) is 0.908. The van der Waals surface area contributed by atoms with Gasteiger partial charge in [-0.15, -0.1) is 0 Å². The Morgan fingerprint density at radius 2 is 2.14 bits per heavy atom. The maximum atomic E-state index is 12.9. The number of para-hydroxylation sites is 1. The Kier molecular flexibility index (Phi) is 5.46. The number of piperidine rings is 1. The molecule has 4 heteroatoms. The molecule has 122 valence electrons. The van der Waals surface area contributed by atoms with Gasteiger partial charge < -0.3 is 15.0 Å². The Morgan fingerprint density at radius 3 is 2.82 bits per heavy atom. The lowest BCUT2D eigenvalue weighted by Gasteiger charge is -2.37. The lowest BCUT2D eigenvalue weighted by atomic mass is 9.83. The van der Waals surface area contributed by atoms with Gasteiger partial charge >= 0.3 is 0 Å². The second-order valence-electron chi connectivity index (χ2n) is 6.75. The van der Waals surface area contributed by atoms with Crippen molar-refractivity contribution in [2.75, 3.05) is 27.2 Å². The van der Waals surface area contributed by atoms with Crippen LogP contribution in [0.15, 0.2) is 24.3 Å². The summed E-state index contributed by atoms with van der Waals surface area (Å²) < 4.78 is 5.42. The van der Waals surface area contributed by atoms with Crippen molar-refractivity contribution in [1.82, 2.24) is 10.2 Å². The van der Waals surface area contributed by atoms with Gasteiger partial charge in [0, 0.05) is 24.5 Å². The largest absolute Gasteiger partial charge is 0.496 e. The predicted octanol–water partition coefficient (Wildman–Crippen LogP) is 2.47. The van der Waals surface area contributed by atoms with Crippen molar-refractivity contribution >= 4 is 5.91 Å². The third-order valence-electron chi connectivity index (χ3n) is 4.52. The number of rotatable bonds is 5. The van der Waals surface area contributed by atoms with Crippen LogP contribution >= 0.6 is 0 Å². The highest BCUT2D eigenvalue weighted by Crippen LogP contribution is 2.30. The van der Waals surface area contributed by atoms with Crippen LogP contribution in [-0.4, -0.2) is 44.1 Å². The van der Waals surface area contributed by atoms with Gasteiger partial charge in [0.15, 0.2) is 0 Å². The fraction of sp³-hybridized carbons (Fsp3) is 0.611. The summed E-state index contributed by atoms with van der Waals surface area (Å²) >= 11 is 0. The van der Waals surface area contributed by atoms with Crippen molar-refractivity contribution in [3.8, 4) is 5.75 Å². The highest BCUT2D eigenvalue weighted by molar-refractivity contribution is 5.82. The standard InChI is InChI=1S/C18H28N2O2/c1-18(2,12-14-8-5-6-10-16(14)22-4)17(21)20-11-7-9-15(13-20)19-3/h5-6,8,10,15,19H,7,9,11-13H2,1-4H3. The first-order valence-electron chi connectivity index (χ1n) is 8.06. The SMILES string of the molecule is CNC1CCCN(C(=O)C(C)(C)Cc2ccccc2OC)C1. The third-order valence-corrected chi connectivity index (χ3v) is 4.52. The summed E-state index contributed by atoms with van der Waals surface area (Å²) in [5.74, 6) is 1.09. The fourth-order valence-electron chi connectivity index (χ4n) is 3.23. The van der Waals surface area contributed by atoms with Crippen molar-refractivity contribution in [2.24, 2.45) is 5.41 Å². The van der Waals surface area contributed by atoms with Crippen molar-refractivity contribution in [2.45, 2.75) is 39.2 Å². The molecule has 1 aromatic rings. The van der Waals surface area contributed by atoms with E-state index < -0.39 is 5.41 Å². The monoisotopic (exact) mass is 304 g/mol. The number of hydrogen-bond donors (Lipinski definition) is 1. The van der Waals surface area contributed by atoms with E-state index >= 15 is 0 Å². The van der Waals surface area contributed by atoms with Crippen LogP contribution in [0.2, 0.25) is 0 Å². The molecule has 2 rings (SSSR count). The van der Waals surface area contributed by atoms with Gasteiger partial charge in [-0.3, -0.25) is 4.79 Å². The summed E-state index contributed by atoms with van der Waals surface area (Å²) in [5.41, 5.74) is 0.662. The van der Waals surface area contributed by atoms with Gasteiger partial charge in [-0.25, -0.2) is 0 Å². The lowest BCUT2D eigenvalue weighted by molar-refractivity contribution is -0.141. The van der Waals surface area contributed by atoms with E-state index in [0.29, 0.717) is 12.5 Å². The van der Waals surface area contributed by atoms with Crippen molar-refractivity contribution in [1.29, 1.82) is 0 Å². The molecule has 1 aliphatic heterocycles. The number of carbonyl (C=O) groups is 1. The van der Waals surface area contributed by atoms with E-state index in [9.17, 15) is 4.79 Å². The molecule has 1 aliphatic rings.